The Morgan fingerprint density at radius 2 is 1.78 bits per heavy atom. The van der Waals surface area contributed by atoms with Crippen LogP contribution in [0.2, 0.25) is 0 Å². The molecule has 0 saturated carbocycles. The summed E-state index contributed by atoms with van der Waals surface area (Å²) in [5.41, 5.74) is 1.87. The van der Waals surface area contributed by atoms with Gasteiger partial charge in [-0.25, -0.2) is 0 Å². The zero-order chi connectivity index (χ0) is 18.9. The lowest BCUT2D eigenvalue weighted by Gasteiger charge is -2.08. The number of aromatic nitrogens is 3. The minimum Gasteiger partial charge on any atom is -0.367 e. The van der Waals surface area contributed by atoms with Crippen molar-refractivity contribution in [2.24, 2.45) is 0 Å². The van der Waals surface area contributed by atoms with Gasteiger partial charge in [0, 0.05) is 24.8 Å². The standard InChI is InChI=1S/C19H17N7O/c20-12-14-3-5-15(6-4-14)19(27)23-11-10-22-17-7-8-18(26-25-17)24-16-2-1-9-21-13-16/h1-9,13H,10-11H2,(H,22,25)(H,23,27)(H,24,26). The number of benzene rings is 1. The van der Waals surface area contributed by atoms with Crippen LogP contribution in [0.3, 0.4) is 0 Å². The second-order valence-corrected chi connectivity index (χ2v) is 5.54. The van der Waals surface area contributed by atoms with E-state index in [2.05, 4.69) is 31.1 Å². The summed E-state index contributed by atoms with van der Waals surface area (Å²) in [5.74, 6) is 1.03. The molecule has 0 aliphatic rings. The van der Waals surface area contributed by atoms with Gasteiger partial charge in [0.25, 0.3) is 5.91 Å². The third-order valence-corrected chi connectivity index (χ3v) is 3.59. The molecule has 1 aromatic carbocycles. The number of carbonyl (C=O) groups is 1. The van der Waals surface area contributed by atoms with Gasteiger partial charge in [-0.05, 0) is 48.5 Å². The molecule has 0 radical (unpaired) electrons. The Kier molecular flexibility index (Phi) is 5.89. The summed E-state index contributed by atoms with van der Waals surface area (Å²) in [7, 11) is 0. The minimum absolute atomic E-state index is 0.191. The maximum atomic E-state index is 12.0. The van der Waals surface area contributed by atoms with Crippen LogP contribution >= 0.6 is 0 Å². The summed E-state index contributed by atoms with van der Waals surface area (Å²) >= 11 is 0. The fraction of sp³-hybridized carbons (Fsp3) is 0.105. The van der Waals surface area contributed by atoms with Crippen molar-refractivity contribution in [1.82, 2.24) is 20.5 Å². The predicted octanol–water partition coefficient (Wildman–Crippen LogP) is 2.33. The van der Waals surface area contributed by atoms with Crippen molar-refractivity contribution in [2.75, 3.05) is 23.7 Å². The number of rotatable bonds is 7. The van der Waals surface area contributed by atoms with Crippen molar-refractivity contribution >= 4 is 23.2 Å². The molecule has 0 fully saturated rings. The highest BCUT2D eigenvalue weighted by Gasteiger charge is 2.04. The van der Waals surface area contributed by atoms with Crippen LogP contribution in [0.5, 0.6) is 0 Å². The van der Waals surface area contributed by atoms with Gasteiger partial charge in [0.1, 0.15) is 5.82 Å². The van der Waals surface area contributed by atoms with Crippen molar-refractivity contribution in [1.29, 1.82) is 5.26 Å². The molecule has 0 saturated heterocycles. The monoisotopic (exact) mass is 359 g/mol. The van der Waals surface area contributed by atoms with E-state index in [1.54, 1.807) is 48.8 Å². The average molecular weight is 359 g/mol. The molecule has 0 aliphatic carbocycles. The molecule has 0 spiro atoms. The first-order valence-electron chi connectivity index (χ1n) is 8.27. The van der Waals surface area contributed by atoms with E-state index in [1.165, 1.54) is 0 Å². The fourth-order valence-electron chi connectivity index (χ4n) is 2.24. The topological polar surface area (TPSA) is 116 Å². The Labute approximate surface area is 156 Å². The van der Waals surface area contributed by atoms with Gasteiger partial charge in [0.15, 0.2) is 5.82 Å². The molecular weight excluding hydrogens is 342 g/mol. The predicted molar refractivity (Wildman–Crippen MR) is 102 cm³/mol. The number of pyridine rings is 1. The fourth-order valence-corrected chi connectivity index (χ4v) is 2.24. The van der Waals surface area contributed by atoms with E-state index in [9.17, 15) is 4.79 Å². The summed E-state index contributed by atoms with van der Waals surface area (Å²) in [5, 5.41) is 25.9. The quantitative estimate of drug-likeness (QED) is 0.554. The average Bonchev–Trinajstić information content (AvgIpc) is 2.73. The summed E-state index contributed by atoms with van der Waals surface area (Å²) in [6, 6.07) is 15.8. The van der Waals surface area contributed by atoms with Gasteiger partial charge in [-0.3, -0.25) is 9.78 Å². The second-order valence-electron chi connectivity index (χ2n) is 5.54. The van der Waals surface area contributed by atoms with E-state index < -0.39 is 0 Å². The van der Waals surface area contributed by atoms with E-state index >= 15 is 0 Å². The Morgan fingerprint density at radius 3 is 2.44 bits per heavy atom. The number of hydrogen-bond acceptors (Lipinski definition) is 7. The van der Waals surface area contributed by atoms with Gasteiger partial charge in [-0.15, -0.1) is 10.2 Å². The van der Waals surface area contributed by atoms with Crippen LogP contribution in [-0.4, -0.2) is 34.2 Å². The maximum absolute atomic E-state index is 12.0. The zero-order valence-corrected chi connectivity index (χ0v) is 14.4. The van der Waals surface area contributed by atoms with Crippen LogP contribution in [-0.2, 0) is 0 Å². The van der Waals surface area contributed by atoms with Crippen LogP contribution < -0.4 is 16.0 Å². The maximum Gasteiger partial charge on any atom is 0.251 e. The van der Waals surface area contributed by atoms with Crippen molar-refractivity contribution < 1.29 is 4.79 Å². The molecule has 0 aliphatic heterocycles. The van der Waals surface area contributed by atoms with E-state index in [0.29, 0.717) is 35.9 Å². The molecule has 134 valence electrons. The van der Waals surface area contributed by atoms with Crippen LogP contribution in [0.25, 0.3) is 0 Å². The van der Waals surface area contributed by atoms with Gasteiger partial charge in [-0.2, -0.15) is 5.26 Å². The number of nitrogens with zero attached hydrogens (tertiary/aromatic N) is 4. The lowest BCUT2D eigenvalue weighted by atomic mass is 10.1. The van der Waals surface area contributed by atoms with Crippen molar-refractivity contribution in [3.8, 4) is 6.07 Å². The second kappa shape index (κ2) is 8.92. The molecule has 3 N–H and O–H groups in total. The zero-order valence-electron chi connectivity index (χ0n) is 14.4. The molecule has 3 aromatic rings. The van der Waals surface area contributed by atoms with Crippen LogP contribution in [0.4, 0.5) is 17.3 Å². The first-order chi connectivity index (χ1) is 13.2. The van der Waals surface area contributed by atoms with Gasteiger partial charge in [-0.1, -0.05) is 0 Å². The third kappa shape index (κ3) is 5.24. The number of amides is 1. The highest BCUT2D eigenvalue weighted by atomic mass is 16.1. The van der Waals surface area contributed by atoms with Crippen LogP contribution in [0, 0.1) is 11.3 Å². The van der Waals surface area contributed by atoms with Crippen molar-refractivity contribution in [3.63, 3.8) is 0 Å². The molecule has 8 heteroatoms. The molecule has 1 amide bonds. The smallest absolute Gasteiger partial charge is 0.251 e. The number of nitriles is 1. The Hall–Kier alpha value is -3.99. The number of carbonyl (C=O) groups excluding carboxylic acids is 1. The molecule has 27 heavy (non-hydrogen) atoms. The van der Waals surface area contributed by atoms with Crippen LogP contribution in [0.15, 0.2) is 60.9 Å². The van der Waals surface area contributed by atoms with Crippen LogP contribution in [0.1, 0.15) is 15.9 Å². The third-order valence-electron chi connectivity index (χ3n) is 3.59. The lowest BCUT2D eigenvalue weighted by Crippen LogP contribution is -2.28. The highest BCUT2D eigenvalue weighted by molar-refractivity contribution is 5.94. The summed E-state index contributed by atoms with van der Waals surface area (Å²) in [6.45, 7) is 0.933. The van der Waals surface area contributed by atoms with Crippen molar-refractivity contribution in [2.45, 2.75) is 0 Å². The Balaban J connectivity index is 1.42. The number of hydrogen-bond donors (Lipinski definition) is 3. The molecule has 2 heterocycles. The largest absolute Gasteiger partial charge is 0.367 e. The summed E-state index contributed by atoms with van der Waals surface area (Å²) in [6.07, 6.45) is 3.40. The number of anilines is 3. The minimum atomic E-state index is -0.191. The SMILES string of the molecule is N#Cc1ccc(C(=O)NCCNc2ccc(Nc3cccnc3)nn2)cc1. The van der Waals surface area contributed by atoms with Gasteiger partial charge in [0.2, 0.25) is 0 Å². The van der Waals surface area contributed by atoms with E-state index in [1.807, 2.05) is 18.2 Å². The molecule has 2 aromatic heterocycles. The summed E-state index contributed by atoms with van der Waals surface area (Å²) in [4.78, 5) is 16.0. The Bertz CT molecular complexity index is 919. The summed E-state index contributed by atoms with van der Waals surface area (Å²) < 4.78 is 0. The molecule has 0 atom stereocenters. The highest BCUT2D eigenvalue weighted by Crippen LogP contribution is 2.12. The van der Waals surface area contributed by atoms with Gasteiger partial charge >= 0.3 is 0 Å². The van der Waals surface area contributed by atoms with Gasteiger partial charge < -0.3 is 16.0 Å². The Morgan fingerprint density at radius 1 is 1.00 bits per heavy atom. The van der Waals surface area contributed by atoms with E-state index in [0.717, 1.165) is 5.69 Å². The normalized spacial score (nSPS) is 9.89. The molecule has 3 rings (SSSR count). The van der Waals surface area contributed by atoms with E-state index in [4.69, 9.17) is 5.26 Å². The lowest BCUT2D eigenvalue weighted by molar-refractivity contribution is 0.0955. The first-order valence-corrected chi connectivity index (χ1v) is 8.27. The molecular formula is C19H17N7O. The molecule has 0 bridgehead atoms. The number of nitrogens with one attached hydrogen (secondary N) is 3. The first kappa shape index (κ1) is 17.8. The van der Waals surface area contributed by atoms with Gasteiger partial charge in [0.05, 0.1) is 23.5 Å². The van der Waals surface area contributed by atoms with E-state index in [-0.39, 0.29) is 5.91 Å². The molecule has 0 unspecified atom stereocenters. The van der Waals surface area contributed by atoms with Crippen molar-refractivity contribution in [3.05, 3.63) is 72.1 Å². The molecule has 8 nitrogen and oxygen atoms in total.